The van der Waals surface area contributed by atoms with Crippen LogP contribution in [0.15, 0.2) is 0 Å². The zero-order chi connectivity index (χ0) is 14.2. The van der Waals surface area contributed by atoms with Crippen LogP contribution < -0.4 is 0 Å². The first-order valence-corrected chi connectivity index (χ1v) is 9.07. The third kappa shape index (κ3) is 16.0. The Morgan fingerprint density at radius 1 is 0.737 bits per heavy atom. The van der Waals surface area contributed by atoms with Crippen LogP contribution >= 0.6 is 12.2 Å². The van der Waals surface area contributed by atoms with Gasteiger partial charge in [-0.1, -0.05) is 110 Å². The topological polar surface area (TPSA) is 0 Å². The van der Waals surface area contributed by atoms with E-state index in [9.17, 15) is 0 Å². The van der Waals surface area contributed by atoms with Crippen LogP contribution in [-0.2, 0) is 0 Å². The fourth-order valence-corrected chi connectivity index (χ4v) is 2.86. The van der Waals surface area contributed by atoms with Crippen LogP contribution in [0.4, 0.5) is 0 Å². The Hall–Kier alpha value is 0.0900. The van der Waals surface area contributed by atoms with Crippen LogP contribution in [0.2, 0.25) is 0 Å². The molecule has 0 spiro atoms. The van der Waals surface area contributed by atoms with Crippen LogP contribution in [0.1, 0.15) is 104 Å². The Morgan fingerprint density at radius 2 is 1.16 bits per heavy atom. The molecule has 0 bridgehead atoms. The van der Waals surface area contributed by atoms with Crippen molar-refractivity contribution in [3.63, 3.8) is 0 Å². The predicted molar refractivity (Wildman–Crippen MR) is 92.1 cm³/mol. The third-order valence-electron chi connectivity index (χ3n) is 3.98. The van der Waals surface area contributed by atoms with Crippen LogP contribution in [0.25, 0.3) is 0 Å². The zero-order valence-electron chi connectivity index (χ0n) is 13.4. The van der Waals surface area contributed by atoms with Gasteiger partial charge in [0.15, 0.2) is 0 Å². The molecule has 0 aromatic heterocycles. The molecule has 0 saturated carbocycles. The highest BCUT2D eigenvalue weighted by Crippen LogP contribution is 2.15. The van der Waals surface area contributed by atoms with E-state index in [1.165, 1.54) is 83.5 Å². The highest BCUT2D eigenvalue weighted by atomic mass is 32.1. The minimum absolute atomic E-state index is 0.751. The summed E-state index contributed by atoms with van der Waals surface area (Å²) in [7, 11) is 0. The fourth-order valence-electron chi connectivity index (χ4n) is 2.58. The summed E-state index contributed by atoms with van der Waals surface area (Å²) in [5, 5.41) is 2.84. The van der Waals surface area contributed by atoms with Gasteiger partial charge in [0.2, 0.25) is 0 Å². The summed E-state index contributed by atoms with van der Waals surface area (Å²) in [5.41, 5.74) is 0. The van der Waals surface area contributed by atoms with E-state index < -0.39 is 0 Å². The summed E-state index contributed by atoms with van der Waals surface area (Å²) in [4.78, 5) is 0. The molecule has 0 saturated heterocycles. The average molecular weight is 284 g/mol. The van der Waals surface area contributed by atoms with Gasteiger partial charge in [0.25, 0.3) is 0 Å². The highest BCUT2D eigenvalue weighted by molar-refractivity contribution is 7.78. The third-order valence-corrected chi connectivity index (χ3v) is 4.15. The number of hydrogen-bond donors (Lipinski definition) is 0. The van der Waals surface area contributed by atoms with E-state index in [0.29, 0.717) is 0 Å². The van der Waals surface area contributed by atoms with E-state index in [1.54, 1.807) is 0 Å². The van der Waals surface area contributed by atoms with Crippen LogP contribution in [-0.4, -0.2) is 5.37 Å². The summed E-state index contributed by atoms with van der Waals surface area (Å²) < 4.78 is 0. The standard InChI is InChI=1S/C18H35S/c1-3-4-5-6-7-8-9-10-11-12-13-14-15-18(2)16-17-19/h18H,3-16H2,1-2H3. The SMILES string of the molecule is CCCCCCCCCCCCCCC(C)C[C]=S. The van der Waals surface area contributed by atoms with Crippen molar-refractivity contribution in [2.24, 2.45) is 5.92 Å². The Labute approximate surface area is 127 Å². The first-order chi connectivity index (χ1) is 9.31. The molecule has 1 unspecified atom stereocenters. The molecule has 0 aromatic rings. The zero-order valence-corrected chi connectivity index (χ0v) is 14.2. The van der Waals surface area contributed by atoms with Crippen molar-refractivity contribution in [3.8, 4) is 0 Å². The first kappa shape index (κ1) is 19.1. The van der Waals surface area contributed by atoms with Crippen molar-refractivity contribution in [1.29, 1.82) is 0 Å². The maximum absolute atomic E-state index is 4.77. The van der Waals surface area contributed by atoms with Gasteiger partial charge in [-0.25, -0.2) is 0 Å². The van der Waals surface area contributed by atoms with E-state index in [1.807, 2.05) is 0 Å². The van der Waals surface area contributed by atoms with Crippen LogP contribution in [0.5, 0.6) is 0 Å². The molecule has 113 valence electrons. The van der Waals surface area contributed by atoms with Crippen molar-refractivity contribution in [1.82, 2.24) is 0 Å². The van der Waals surface area contributed by atoms with Gasteiger partial charge in [-0.2, -0.15) is 0 Å². The molecular formula is C18H35S. The van der Waals surface area contributed by atoms with Crippen LogP contribution in [0, 0.1) is 5.92 Å². The second-order valence-electron chi connectivity index (χ2n) is 6.13. The van der Waals surface area contributed by atoms with Crippen molar-refractivity contribution >= 4 is 17.6 Å². The van der Waals surface area contributed by atoms with Crippen molar-refractivity contribution in [3.05, 3.63) is 0 Å². The Balaban J connectivity index is 3.00. The molecule has 0 nitrogen and oxygen atoms in total. The number of hydrogen-bond acceptors (Lipinski definition) is 1. The molecule has 0 aliphatic heterocycles. The predicted octanol–water partition coefficient (Wildman–Crippen LogP) is 6.98. The molecule has 0 aliphatic rings. The lowest BCUT2D eigenvalue weighted by Gasteiger charge is -2.07. The second kappa shape index (κ2) is 16.1. The maximum atomic E-state index is 4.77. The minimum Gasteiger partial charge on any atom is -0.0837 e. The summed E-state index contributed by atoms with van der Waals surface area (Å²) in [6.07, 6.45) is 19.6. The van der Waals surface area contributed by atoms with Gasteiger partial charge in [-0.05, 0) is 12.3 Å². The van der Waals surface area contributed by atoms with E-state index in [4.69, 9.17) is 12.2 Å². The molecule has 0 fully saturated rings. The smallest absolute Gasteiger partial charge is 0.0294 e. The molecule has 0 amide bonds. The van der Waals surface area contributed by atoms with Crippen LogP contribution in [0.3, 0.4) is 0 Å². The molecule has 19 heavy (non-hydrogen) atoms. The second-order valence-corrected chi connectivity index (χ2v) is 6.42. The van der Waals surface area contributed by atoms with Gasteiger partial charge in [-0.15, -0.1) is 0 Å². The lowest BCUT2D eigenvalue weighted by molar-refractivity contribution is 0.492. The Kier molecular flexibility index (Phi) is 16.2. The molecule has 1 heteroatoms. The largest absolute Gasteiger partial charge is 0.0837 e. The summed E-state index contributed by atoms with van der Waals surface area (Å²) in [6, 6.07) is 0. The van der Waals surface area contributed by atoms with Gasteiger partial charge in [0, 0.05) is 5.37 Å². The molecule has 1 atom stereocenters. The normalized spacial score (nSPS) is 12.5. The lowest BCUT2D eigenvalue weighted by Crippen LogP contribution is -1.94. The van der Waals surface area contributed by atoms with Crippen molar-refractivity contribution in [2.75, 3.05) is 0 Å². The lowest BCUT2D eigenvalue weighted by atomic mass is 9.99. The van der Waals surface area contributed by atoms with Gasteiger partial charge in [0.1, 0.15) is 0 Å². The molecule has 0 aliphatic carbocycles. The number of rotatable bonds is 15. The summed E-state index contributed by atoms with van der Waals surface area (Å²) >= 11 is 4.77. The average Bonchev–Trinajstić information content (AvgIpc) is 2.40. The van der Waals surface area contributed by atoms with Crippen molar-refractivity contribution < 1.29 is 0 Å². The van der Waals surface area contributed by atoms with E-state index in [-0.39, 0.29) is 0 Å². The van der Waals surface area contributed by atoms with Crippen molar-refractivity contribution in [2.45, 2.75) is 104 Å². The number of unbranched alkanes of at least 4 members (excludes halogenated alkanes) is 11. The monoisotopic (exact) mass is 283 g/mol. The highest BCUT2D eigenvalue weighted by Gasteiger charge is 1.99. The first-order valence-electron chi connectivity index (χ1n) is 8.66. The molecular weight excluding hydrogens is 248 g/mol. The molecule has 0 N–H and O–H groups in total. The maximum Gasteiger partial charge on any atom is 0.0294 e. The Morgan fingerprint density at radius 3 is 1.58 bits per heavy atom. The minimum atomic E-state index is 0.751. The molecule has 0 heterocycles. The van der Waals surface area contributed by atoms with Gasteiger partial charge >= 0.3 is 0 Å². The molecule has 0 rings (SSSR count). The van der Waals surface area contributed by atoms with Gasteiger partial charge in [0.05, 0.1) is 0 Å². The van der Waals surface area contributed by atoms with E-state index in [0.717, 1.165) is 12.3 Å². The van der Waals surface area contributed by atoms with E-state index in [2.05, 4.69) is 19.2 Å². The fraction of sp³-hybridized carbons (Fsp3) is 0.944. The van der Waals surface area contributed by atoms with Gasteiger partial charge < -0.3 is 0 Å². The quantitative estimate of drug-likeness (QED) is 0.231. The molecule has 1 radical (unpaired) electrons. The summed E-state index contributed by atoms with van der Waals surface area (Å²) in [5.74, 6) is 0.751. The number of thiocarbonyl (C=S) groups is 1. The molecule has 0 aromatic carbocycles. The Bertz CT molecular complexity index is 177. The summed E-state index contributed by atoms with van der Waals surface area (Å²) in [6.45, 7) is 4.58. The van der Waals surface area contributed by atoms with E-state index >= 15 is 0 Å². The van der Waals surface area contributed by atoms with Gasteiger partial charge in [-0.3, -0.25) is 0 Å².